The maximum atomic E-state index is 12.0. The molecule has 0 aliphatic rings. The van der Waals surface area contributed by atoms with Crippen molar-refractivity contribution < 1.29 is 24.1 Å². The van der Waals surface area contributed by atoms with Crippen LogP contribution in [0.25, 0.3) is 0 Å². The molecule has 0 saturated carbocycles. The third kappa shape index (κ3) is 6.27. The van der Waals surface area contributed by atoms with E-state index in [9.17, 15) is 9.90 Å². The van der Waals surface area contributed by atoms with Gasteiger partial charge in [0.05, 0.1) is 19.8 Å². The molecule has 0 fully saturated rings. The van der Waals surface area contributed by atoms with Crippen molar-refractivity contribution in [1.82, 2.24) is 5.32 Å². The van der Waals surface area contributed by atoms with Gasteiger partial charge in [-0.05, 0) is 49.2 Å². The molecule has 0 amide bonds. The van der Waals surface area contributed by atoms with Crippen molar-refractivity contribution in [3.63, 3.8) is 0 Å². The van der Waals surface area contributed by atoms with Crippen LogP contribution in [0.2, 0.25) is 0 Å². The van der Waals surface area contributed by atoms with Gasteiger partial charge < -0.3 is 24.6 Å². The number of aliphatic hydroxyl groups excluding tert-OH is 1. The first kappa shape index (κ1) is 20.7. The summed E-state index contributed by atoms with van der Waals surface area (Å²) < 4.78 is 15.7. The summed E-state index contributed by atoms with van der Waals surface area (Å²) in [7, 11) is 3.21. The summed E-state index contributed by atoms with van der Waals surface area (Å²) in [4.78, 5) is 12.0. The predicted molar refractivity (Wildman–Crippen MR) is 104 cm³/mol. The van der Waals surface area contributed by atoms with Crippen molar-refractivity contribution in [3.8, 4) is 11.5 Å². The first-order valence-electron chi connectivity index (χ1n) is 8.87. The Morgan fingerprint density at radius 2 is 1.85 bits per heavy atom. The molecule has 0 bridgehead atoms. The Bertz CT molecular complexity index is 747. The minimum absolute atomic E-state index is 0.0451. The van der Waals surface area contributed by atoms with Crippen LogP contribution in [0, 0.1) is 6.92 Å². The molecule has 0 aromatic heterocycles. The zero-order valence-electron chi connectivity index (χ0n) is 16.0. The fourth-order valence-electron chi connectivity index (χ4n) is 2.65. The highest BCUT2D eigenvalue weighted by Crippen LogP contribution is 2.27. The smallest absolute Gasteiger partial charge is 0.338 e. The predicted octanol–water partition coefficient (Wildman–Crippen LogP) is 2.36. The van der Waals surface area contributed by atoms with E-state index >= 15 is 0 Å². The summed E-state index contributed by atoms with van der Waals surface area (Å²) in [5.74, 6) is 0.968. The quantitative estimate of drug-likeness (QED) is 0.492. The molecule has 1 unspecified atom stereocenters. The average Bonchev–Trinajstić information content (AvgIpc) is 2.69. The largest absolute Gasteiger partial charge is 0.493 e. The summed E-state index contributed by atoms with van der Waals surface area (Å²) in [6.45, 7) is 2.83. The van der Waals surface area contributed by atoms with E-state index in [1.807, 2.05) is 37.3 Å². The Labute approximate surface area is 160 Å². The van der Waals surface area contributed by atoms with Crippen LogP contribution in [-0.4, -0.2) is 51.1 Å². The topological polar surface area (TPSA) is 77.0 Å². The highest BCUT2D eigenvalue weighted by molar-refractivity contribution is 5.90. The fraction of sp³-hybridized carbons (Fsp3) is 0.381. The number of carbonyl (C=O) groups is 1. The number of aliphatic hydroxyl groups is 1. The summed E-state index contributed by atoms with van der Waals surface area (Å²) >= 11 is 0. The van der Waals surface area contributed by atoms with Gasteiger partial charge in [0.2, 0.25) is 0 Å². The van der Waals surface area contributed by atoms with E-state index in [1.165, 1.54) is 0 Å². The monoisotopic (exact) mass is 373 g/mol. The third-order valence-electron chi connectivity index (χ3n) is 4.19. The Kier molecular flexibility index (Phi) is 8.10. The van der Waals surface area contributed by atoms with Crippen molar-refractivity contribution in [2.45, 2.75) is 19.4 Å². The van der Waals surface area contributed by atoms with Crippen molar-refractivity contribution in [3.05, 3.63) is 59.2 Å². The molecule has 0 spiro atoms. The van der Waals surface area contributed by atoms with Crippen LogP contribution in [0.15, 0.2) is 42.5 Å². The molecule has 0 radical (unpaired) electrons. The number of hydrogen-bond donors (Lipinski definition) is 2. The van der Waals surface area contributed by atoms with E-state index in [0.29, 0.717) is 30.2 Å². The zero-order valence-corrected chi connectivity index (χ0v) is 16.0. The highest BCUT2D eigenvalue weighted by atomic mass is 16.5. The van der Waals surface area contributed by atoms with Gasteiger partial charge in [-0.3, -0.25) is 0 Å². The highest BCUT2D eigenvalue weighted by Gasteiger charge is 2.12. The number of rotatable bonds is 10. The van der Waals surface area contributed by atoms with Gasteiger partial charge in [-0.1, -0.05) is 24.3 Å². The van der Waals surface area contributed by atoms with E-state index in [1.54, 1.807) is 26.4 Å². The Balaban J connectivity index is 1.70. The number of benzene rings is 2. The van der Waals surface area contributed by atoms with Gasteiger partial charge in [0, 0.05) is 6.54 Å². The van der Waals surface area contributed by atoms with Crippen LogP contribution in [0.5, 0.6) is 11.5 Å². The van der Waals surface area contributed by atoms with Crippen LogP contribution in [0.1, 0.15) is 21.5 Å². The van der Waals surface area contributed by atoms with Gasteiger partial charge in [-0.2, -0.15) is 0 Å². The van der Waals surface area contributed by atoms with Gasteiger partial charge in [-0.25, -0.2) is 4.79 Å². The van der Waals surface area contributed by atoms with Crippen molar-refractivity contribution in [2.75, 3.05) is 33.9 Å². The number of esters is 1. The molecule has 1 atom stereocenters. The number of nitrogens with one attached hydrogen (secondary N) is 1. The zero-order chi connectivity index (χ0) is 19.6. The molecule has 0 aliphatic heterocycles. The van der Waals surface area contributed by atoms with Crippen LogP contribution in [0.3, 0.4) is 0 Å². The lowest BCUT2D eigenvalue weighted by Gasteiger charge is -2.13. The second-order valence-corrected chi connectivity index (χ2v) is 6.21. The fourth-order valence-corrected chi connectivity index (χ4v) is 2.65. The molecule has 146 valence electrons. The molecule has 2 N–H and O–H groups in total. The Morgan fingerprint density at radius 3 is 2.56 bits per heavy atom. The molecule has 27 heavy (non-hydrogen) atoms. The first-order chi connectivity index (χ1) is 13.0. The maximum Gasteiger partial charge on any atom is 0.338 e. The normalized spacial score (nSPS) is 11.7. The average molecular weight is 373 g/mol. The van der Waals surface area contributed by atoms with Crippen LogP contribution < -0.4 is 14.8 Å². The molecule has 0 saturated heterocycles. The molecule has 2 aromatic carbocycles. The van der Waals surface area contributed by atoms with Gasteiger partial charge in [0.15, 0.2) is 11.5 Å². The van der Waals surface area contributed by atoms with Gasteiger partial charge in [0.1, 0.15) is 12.7 Å². The lowest BCUT2D eigenvalue weighted by molar-refractivity contribution is 0.0259. The van der Waals surface area contributed by atoms with E-state index in [0.717, 1.165) is 17.5 Å². The van der Waals surface area contributed by atoms with Gasteiger partial charge >= 0.3 is 5.97 Å². The minimum Gasteiger partial charge on any atom is -0.493 e. The van der Waals surface area contributed by atoms with Gasteiger partial charge in [0.25, 0.3) is 0 Å². The standard InChI is InChI=1S/C21H27NO5/c1-15-6-4-5-7-18(15)21(24)27-14-17(23)13-22-11-10-16-8-9-19(25-2)20(12-16)26-3/h4-9,12,17,22-23H,10-11,13-14H2,1-3H3. The number of carbonyl (C=O) groups excluding carboxylic acids is 1. The molecule has 0 aliphatic carbocycles. The molecule has 2 rings (SSSR count). The van der Waals surface area contributed by atoms with Crippen molar-refractivity contribution >= 4 is 5.97 Å². The van der Waals surface area contributed by atoms with Crippen LogP contribution in [-0.2, 0) is 11.2 Å². The summed E-state index contributed by atoms with van der Waals surface area (Å²) in [6.07, 6.45) is 0.0131. The minimum atomic E-state index is -0.761. The van der Waals surface area contributed by atoms with E-state index < -0.39 is 12.1 Å². The molecular weight excluding hydrogens is 346 g/mol. The van der Waals surface area contributed by atoms with Gasteiger partial charge in [-0.15, -0.1) is 0 Å². The first-order valence-corrected chi connectivity index (χ1v) is 8.87. The molecule has 0 heterocycles. The van der Waals surface area contributed by atoms with Crippen molar-refractivity contribution in [1.29, 1.82) is 0 Å². The number of aryl methyl sites for hydroxylation is 1. The summed E-state index contributed by atoms with van der Waals surface area (Å²) in [5, 5.41) is 13.1. The second kappa shape index (κ2) is 10.5. The number of ether oxygens (including phenoxy) is 3. The Hall–Kier alpha value is -2.57. The lowest BCUT2D eigenvalue weighted by Crippen LogP contribution is -2.32. The molecular formula is C21H27NO5. The third-order valence-corrected chi connectivity index (χ3v) is 4.19. The van der Waals surface area contributed by atoms with Crippen LogP contribution >= 0.6 is 0 Å². The number of hydrogen-bond acceptors (Lipinski definition) is 6. The van der Waals surface area contributed by atoms with Crippen molar-refractivity contribution in [2.24, 2.45) is 0 Å². The summed E-state index contributed by atoms with van der Waals surface area (Å²) in [5.41, 5.74) is 2.47. The lowest BCUT2D eigenvalue weighted by atomic mass is 10.1. The van der Waals surface area contributed by atoms with E-state index in [4.69, 9.17) is 14.2 Å². The van der Waals surface area contributed by atoms with E-state index in [2.05, 4.69) is 5.32 Å². The molecule has 2 aromatic rings. The SMILES string of the molecule is COc1ccc(CCNCC(O)COC(=O)c2ccccc2C)cc1OC. The second-order valence-electron chi connectivity index (χ2n) is 6.21. The summed E-state index contributed by atoms with van der Waals surface area (Å²) in [6, 6.07) is 13.0. The maximum absolute atomic E-state index is 12.0. The molecule has 6 nitrogen and oxygen atoms in total. The molecule has 6 heteroatoms. The van der Waals surface area contributed by atoms with E-state index in [-0.39, 0.29) is 6.61 Å². The Morgan fingerprint density at radius 1 is 1.11 bits per heavy atom. The number of methoxy groups -OCH3 is 2. The van der Waals surface area contributed by atoms with Crippen LogP contribution in [0.4, 0.5) is 0 Å².